The number of hydrogen-bond acceptors (Lipinski definition) is 0. The number of rotatable bonds is 2. The minimum atomic E-state index is 0. The Bertz CT molecular complexity index is 122. The minimum Gasteiger partial charge on any atom is -0.657 e. The maximum atomic E-state index is 5.00. The van der Waals surface area contributed by atoms with E-state index in [0.29, 0.717) is 0 Å². The van der Waals surface area contributed by atoms with Gasteiger partial charge in [0.25, 0.3) is 0 Å². The van der Waals surface area contributed by atoms with Gasteiger partial charge in [-0.1, -0.05) is 64.2 Å². The molecular formula is C16H32AlN. The Morgan fingerprint density at radius 1 is 0.611 bits per heavy atom. The molecule has 0 aliphatic heterocycles. The Kier molecular flexibility index (Phi) is 18.0. The summed E-state index contributed by atoms with van der Waals surface area (Å²) in [6.45, 7) is 10.0. The van der Waals surface area contributed by atoms with Crippen LogP contribution in [0, 0.1) is 13.8 Å². The molecule has 104 valence electrons. The average molecular weight is 265 g/mol. The average Bonchev–Trinajstić information content (AvgIpc) is 2.45. The molecule has 2 heteroatoms. The predicted molar refractivity (Wildman–Crippen MR) is 84.9 cm³/mol. The van der Waals surface area contributed by atoms with Crippen molar-refractivity contribution in [1.29, 1.82) is 0 Å². The second-order valence-corrected chi connectivity index (χ2v) is 4.73. The molecule has 1 nitrogen and oxygen atoms in total. The Morgan fingerprint density at radius 2 is 0.889 bits per heavy atom. The fourth-order valence-electron chi connectivity index (χ4n) is 2.76. The van der Waals surface area contributed by atoms with Gasteiger partial charge in [-0.3, -0.25) is 0 Å². The Balaban J connectivity index is 0. The standard InChI is InChI=1S/C12H22N.2C2H5.Al/c1-3-7-11(8-4-1)13-12-9-5-2-6-10-12;2*1-2;/h11-12H,1-10H2;2*1H2,2H3;/q3*-1;+3. The van der Waals surface area contributed by atoms with Gasteiger partial charge in [-0.2, -0.15) is 13.8 Å². The summed E-state index contributed by atoms with van der Waals surface area (Å²) < 4.78 is 0. The summed E-state index contributed by atoms with van der Waals surface area (Å²) >= 11 is 0. The maximum Gasteiger partial charge on any atom is 3.00 e. The molecule has 0 N–H and O–H groups in total. The van der Waals surface area contributed by atoms with Crippen LogP contribution in [-0.4, -0.2) is 29.4 Å². The van der Waals surface area contributed by atoms with Gasteiger partial charge in [-0.15, -0.1) is 12.1 Å². The van der Waals surface area contributed by atoms with E-state index in [0.717, 1.165) is 12.1 Å². The quantitative estimate of drug-likeness (QED) is 0.473. The SMILES string of the molecule is C1CCC([N-]C2CCCCC2)CC1.[Al+3].[CH2-]C.[CH2-]C. The van der Waals surface area contributed by atoms with Gasteiger partial charge in [0.05, 0.1) is 0 Å². The van der Waals surface area contributed by atoms with E-state index in [1.54, 1.807) is 13.8 Å². The summed E-state index contributed by atoms with van der Waals surface area (Å²) in [5.74, 6) is 0. The van der Waals surface area contributed by atoms with Crippen LogP contribution in [0.5, 0.6) is 0 Å². The van der Waals surface area contributed by atoms with Gasteiger partial charge in [-0.25, -0.2) is 0 Å². The molecule has 0 spiro atoms. The van der Waals surface area contributed by atoms with Crippen LogP contribution in [0.25, 0.3) is 5.32 Å². The Hall–Kier alpha value is 0.492. The smallest absolute Gasteiger partial charge is 0.657 e. The van der Waals surface area contributed by atoms with Crippen LogP contribution in [0.1, 0.15) is 78.1 Å². The third-order valence-corrected chi connectivity index (χ3v) is 3.57. The molecule has 0 radical (unpaired) electrons. The normalized spacial score (nSPS) is 20.7. The molecule has 0 atom stereocenters. The summed E-state index contributed by atoms with van der Waals surface area (Å²) in [7, 11) is 0. The van der Waals surface area contributed by atoms with Gasteiger partial charge in [0.15, 0.2) is 0 Å². The van der Waals surface area contributed by atoms with Crippen molar-refractivity contribution in [2.75, 3.05) is 0 Å². The maximum absolute atomic E-state index is 5.00. The van der Waals surface area contributed by atoms with E-state index in [2.05, 4.69) is 13.8 Å². The van der Waals surface area contributed by atoms with E-state index in [-0.39, 0.29) is 17.4 Å². The van der Waals surface area contributed by atoms with E-state index in [4.69, 9.17) is 5.32 Å². The van der Waals surface area contributed by atoms with E-state index in [1.165, 1.54) is 64.2 Å². The first-order valence-corrected chi connectivity index (χ1v) is 7.56. The molecule has 2 saturated carbocycles. The molecule has 0 aromatic heterocycles. The molecule has 0 saturated heterocycles. The predicted octanol–water partition coefficient (Wildman–Crippen LogP) is 5.33. The van der Waals surface area contributed by atoms with Crippen LogP contribution < -0.4 is 0 Å². The van der Waals surface area contributed by atoms with E-state index < -0.39 is 0 Å². The zero-order valence-electron chi connectivity index (χ0n) is 12.7. The zero-order valence-corrected chi connectivity index (χ0v) is 13.8. The summed E-state index contributed by atoms with van der Waals surface area (Å²) in [6.07, 6.45) is 14.2. The van der Waals surface area contributed by atoms with E-state index in [1.807, 2.05) is 0 Å². The minimum absolute atomic E-state index is 0. The van der Waals surface area contributed by atoms with Crippen molar-refractivity contribution in [2.24, 2.45) is 0 Å². The molecule has 0 aromatic carbocycles. The first kappa shape index (κ1) is 20.8. The Labute approximate surface area is 127 Å². The fourth-order valence-corrected chi connectivity index (χ4v) is 2.76. The van der Waals surface area contributed by atoms with Crippen LogP contribution in [-0.2, 0) is 0 Å². The van der Waals surface area contributed by atoms with Crippen molar-refractivity contribution in [3.8, 4) is 0 Å². The fraction of sp³-hybridized carbons (Fsp3) is 0.875. The molecule has 0 bridgehead atoms. The van der Waals surface area contributed by atoms with Crippen molar-refractivity contribution < 1.29 is 0 Å². The van der Waals surface area contributed by atoms with Gasteiger partial charge in [-0.05, 0) is 0 Å². The van der Waals surface area contributed by atoms with Gasteiger partial charge >= 0.3 is 17.4 Å². The van der Waals surface area contributed by atoms with Gasteiger partial charge < -0.3 is 19.2 Å². The Morgan fingerprint density at radius 3 is 1.17 bits per heavy atom. The van der Waals surface area contributed by atoms with Crippen molar-refractivity contribution in [2.45, 2.75) is 90.1 Å². The van der Waals surface area contributed by atoms with Crippen LogP contribution >= 0.6 is 0 Å². The molecule has 0 amide bonds. The number of hydrogen-bond donors (Lipinski definition) is 0. The van der Waals surface area contributed by atoms with Gasteiger partial charge in [0, 0.05) is 0 Å². The number of nitrogens with zero attached hydrogens (tertiary/aromatic N) is 1. The molecule has 2 aliphatic carbocycles. The van der Waals surface area contributed by atoms with Crippen molar-refractivity contribution in [3.05, 3.63) is 19.2 Å². The van der Waals surface area contributed by atoms with Crippen LogP contribution in [0.3, 0.4) is 0 Å². The van der Waals surface area contributed by atoms with E-state index >= 15 is 0 Å². The summed E-state index contributed by atoms with van der Waals surface area (Å²) in [6, 6.07) is 1.49. The molecule has 2 rings (SSSR count). The summed E-state index contributed by atoms with van der Waals surface area (Å²) in [5.41, 5.74) is 0. The first-order chi connectivity index (χ1) is 8.45. The van der Waals surface area contributed by atoms with Gasteiger partial charge in [0.2, 0.25) is 0 Å². The molecule has 0 heterocycles. The summed E-state index contributed by atoms with van der Waals surface area (Å²) in [4.78, 5) is 0. The second kappa shape index (κ2) is 15.5. The van der Waals surface area contributed by atoms with Crippen molar-refractivity contribution in [3.63, 3.8) is 0 Å². The first-order valence-electron chi connectivity index (χ1n) is 7.56. The second-order valence-electron chi connectivity index (χ2n) is 4.73. The topological polar surface area (TPSA) is 14.1 Å². The van der Waals surface area contributed by atoms with Crippen LogP contribution in [0.4, 0.5) is 0 Å². The van der Waals surface area contributed by atoms with Crippen LogP contribution in [0.2, 0.25) is 0 Å². The third-order valence-electron chi connectivity index (χ3n) is 3.57. The zero-order chi connectivity index (χ0) is 12.9. The summed E-state index contributed by atoms with van der Waals surface area (Å²) in [5, 5.41) is 5.00. The largest absolute Gasteiger partial charge is 3.00 e. The molecule has 2 aliphatic rings. The molecule has 0 unspecified atom stereocenters. The molecule has 2 fully saturated rings. The van der Waals surface area contributed by atoms with E-state index in [9.17, 15) is 0 Å². The van der Waals surface area contributed by atoms with Crippen molar-refractivity contribution in [1.82, 2.24) is 0 Å². The van der Waals surface area contributed by atoms with Gasteiger partial charge in [0.1, 0.15) is 0 Å². The van der Waals surface area contributed by atoms with Crippen molar-refractivity contribution >= 4 is 17.4 Å². The third kappa shape index (κ3) is 9.43. The molecular weight excluding hydrogens is 233 g/mol. The molecule has 0 aromatic rings. The monoisotopic (exact) mass is 265 g/mol. The molecule has 18 heavy (non-hydrogen) atoms. The van der Waals surface area contributed by atoms with Crippen LogP contribution in [0.15, 0.2) is 0 Å².